The molecule has 32 heavy (non-hydrogen) atoms. The summed E-state index contributed by atoms with van der Waals surface area (Å²) in [6.07, 6.45) is 4.06. The highest BCUT2D eigenvalue weighted by atomic mass is 19.1. The van der Waals surface area contributed by atoms with Gasteiger partial charge in [-0.25, -0.2) is 13.8 Å². The van der Waals surface area contributed by atoms with Gasteiger partial charge >= 0.3 is 0 Å². The van der Waals surface area contributed by atoms with Crippen LogP contribution in [-0.4, -0.2) is 47.1 Å². The number of aromatic nitrogens is 1. The monoisotopic (exact) mass is 434 g/mol. The van der Waals surface area contributed by atoms with Gasteiger partial charge in [0.1, 0.15) is 11.6 Å². The Labute approximate surface area is 185 Å². The fourth-order valence-corrected chi connectivity index (χ4v) is 5.76. The van der Waals surface area contributed by atoms with E-state index < -0.39 is 17.0 Å². The van der Waals surface area contributed by atoms with Crippen molar-refractivity contribution >= 4 is 22.5 Å². The number of carbonyl (C=O) groups excluding carboxylic acids is 1. The fraction of sp³-hybridized carbons (Fsp3) is 0.360. The number of halogens is 2. The first-order chi connectivity index (χ1) is 15.5. The highest BCUT2D eigenvalue weighted by molar-refractivity contribution is 5.92. The predicted octanol–water partition coefficient (Wildman–Crippen LogP) is 4.30. The van der Waals surface area contributed by atoms with E-state index in [1.54, 1.807) is 5.01 Å². The van der Waals surface area contributed by atoms with Gasteiger partial charge in [-0.2, -0.15) is 0 Å². The van der Waals surface area contributed by atoms with E-state index in [0.29, 0.717) is 18.5 Å². The molecule has 3 aliphatic heterocycles. The number of anilines is 1. The predicted molar refractivity (Wildman–Crippen MR) is 118 cm³/mol. The van der Waals surface area contributed by atoms with Crippen molar-refractivity contribution < 1.29 is 13.6 Å². The van der Waals surface area contributed by atoms with Crippen LogP contribution in [-0.2, 0) is 4.79 Å². The molecule has 1 aromatic heterocycles. The molecule has 3 fully saturated rings. The van der Waals surface area contributed by atoms with Crippen molar-refractivity contribution in [1.29, 1.82) is 0 Å². The van der Waals surface area contributed by atoms with E-state index >= 15 is 0 Å². The second kappa shape index (κ2) is 7.24. The minimum Gasteiger partial charge on any atom is -0.371 e. The number of nitrogens with zero attached hydrogens (tertiary/aromatic N) is 4. The Morgan fingerprint density at radius 1 is 0.969 bits per heavy atom. The number of hydrazine groups is 1. The molecule has 7 heteroatoms. The normalized spacial score (nSPS) is 22.8. The lowest BCUT2D eigenvalue weighted by Gasteiger charge is -2.39. The smallest absolute Gasteiger partial charge is 0.245 e. The molecule has 4 heterocycles. The van der Waals surface area contributed by atoms with Crippen LogP contribution in [0.3, 0.4) is 0 Å². The van der Waals surface area contributed by atoms with E-state index in [9.17, 15) is 13.6 Å². The summed E-state index contributed by atoms with van der Waals surface area (Å²) in [6.45, 7) is 3.00. The molecule has 0 N–H and O–H groups in total. The number of carbonyl (C=O) groups is 1. The van der Waals surface area contributed by atoms with E-state index in [-0.39, 0.29) is 11.9 Å². The quantitative estimate of drug-likeness (QED) is 0.603. The maximum Gasteiger partial charge on any atom is 0.245 e. The number of fused-ring (bicyclic) bond motifs is 2. The fourth-order valence-electron chi connectivity index (χ4n) is 5.76. The molecule has 0 unspecified atom stereocenters. The average Bonchev–Trinajstić information content (AvgIpc) is 3.31. The Hall–Kier alpha value is -3.06. The molecule has 1 amide bonds. The SMILES string of the molecule is O=C1N2[C@H](c3cc(F)cc(F)c3)CCN2CC12CCN(c1ccnc3ccccc13)CC2. The van der Waals surface area contributed by atoms with Crippen LogP contribution < -0.4 is 4.90 Å². The van der Waals surface area contributed by atoms with Crippen LogP contribution in [0.25, 0.3) is 10.9 Å². The molecule has 2 aromatic carbocycles. The first-order valence-electron chi connectivity index (χ1n) is 11.2. The number of hydrogen-bond donors (Lipinski definition) is 0. The summed E-state index contributed by atoms with van der Waals surface area (Å²) in [6, 6.07) is 13.5. The van der Waals surface area contributed by atoms with Crippen molar-refractivity contribution in [3.05, 3.63) is 71.9 Å². The Morgan fingerprint density at radius 2 is 1.72 bits per heavy atom. The van der Waals surface area contributed by atoms with Gasteiger partial charge in [0.25, 0.3) is 0 Å². The lowest BCUT2D eigenvalue weighted by molar-refractivity contribution is -0.143. The van der Waals surface area contributed by atoms with Gasteiger partial charge in [0.05, 0.1) is 17.0 Å². The van der Waals surface area contributed by atoms with Crippen molar-refractivity contribution in [2.24, 2.45) is 5.41 Å². The first-order valence-corrected chi connectivity index (χ1v) is 11.2. The molecule has 3 saturated heterocycles. The Morgan fingerprint density at radius 3 is 2.50 bits per heavy atom. The molecule has 0 radical (unpaired) electrons. The average molecular weight is 434 g/mol. The molecule has 164 valence electrons. The van der Waals surface area contributed by atoms with E-state index in [1.807, 2.05) is 30.5 Å². The zero-order valence-corrected chi connectivity index (χ0v) is 17.7. The van der Waals surface area contributed by atoms with Gasteiger partial charge in [-0.3, -0.25) is 14.8 Å². The molecule has 1 atom stereocenters. The van der Waals surface area contributed by atoms with Crippen LogP contribution in [0.1, 0.15) is 30.9 Å². The Kier molecular flexibility index (Phi) is 4.43. The molecule has 3 aliphatic rings. The van der Waals surface area contributed by atoms with Crippen LogP contribution in [0.15, 0.2) is 54.7 Å². The lowest BCUT2D eigenvalue weighted by Crippen LogP contribution is -2.46. The largest absolute Gasteiger partial charge is 0.371 e. The molecule has 3 aromatic rings. The van der Waals surface area contributed by atoms with Gasteiger partial charge in [0.2, 0.25) is 5.91 Å². The molecular weight excluding hydrogens is 410 g/mol. The topological polar surface area (TPSA) is 39.7 Å². The third kappa shape index (κ3) is 2.98. The number of amides is 1. The van der Waals surface area contributed by atoms with Gasteiger partial charge in [-0.1, -0.05) is 18.2 Å². The molecular formula is C25H24F2N4O. The van der Waals surface area contributed by atoms with Gasteiger partial charge < -0.3 is 4.90 Å². The molecule has 1 spiro atoms. The third-order valence-electron chi connectivity index (χ3n) is 7.36. The number of benzene rings is 2. The number of piperidine rings is 1. The van der Waals surface area contributed by atoms with Crippen LogP contribution >= 0.6 is 0 Å². The second-order valence-corrected chi connectivity index (χ2v) is 9.16. The number of hydrogen-bond acceptors (Lipinski definition) is 4. The summed E-state index contributed by atoms with van der Waals surface area (Å²) in [5, 5.41) is 5.00. The van der Waals surface area contributed by atoms with E-state index in [2.05, 4.69) is 21.0 Å². The van der Waals surface area contributed by atoms with E-state index in [0.717, 1.165) is 55.1 Å². The number of pyridine rings is 1. The van der Waals surface area contributed by atoms with Gasteiger partial charge in [-0.05, 0) is 49.1 Å². The standard InChI is InChI=1S/C25H24F2N4O/c26-18-13-17(14-19(27)15-18)22-6-10-30-16-25(24(32)31(22)30)7-11-29(12-8-25)23-5-9-28-21-4-2-1-3-20(21)23/h1-5,9,13-15,22H,6-8,10-12,16H2/t22-/m0/s1. The Balaban J connectivity index is 1.24. The van der Waals surface area contributed by atoms with Crippen molar-refractivity contribution in [3.63, 3.8) is 0 Å². The van der Waals surface area contributed by atoms with Crippen molar-refractivity contribution in [1.82, 2.24) is 15.0 Å². The third-order valence-corrected chi connectivity index (χ3v) is 7.36. The van der Waals surface area contributed by atoms with Crippen molar-refractivity contribution in [2.75, 3.05) is 31.1 Å². The first kappa shape index (κ1) is 19.6. The molecule has 0 saturated carbocycles. The zero-order valence-electron chi connectivity index (χ0n) is 17.7. The van der Waals surface area contributed by atoms with Crippen LogP contribution in [0, 0.1) is 17.0 Å². The van der Waals surface area contributed by atoms with Gasteiger partial charge in [0.15, 0.2) is 0 Å². The van der Waals surface area contributed by atoms with E-state index in [4.69, 9.17) is 0 Å². The van der Waals surface area contributed by atoms with Crippen LogP contribution in [0.2, 0.25) is 0 Å². The summed E-state index contributed by atoms with van der Waals surface area (Å²) in [5.41, 5.74) is 2.24. The Bertz CT molecular complexity index is 1180. The highest BCUT2D eigenvalue weighted by Crippen LogP contribution is 2.47. The summed E-state index contributed by atoms with van der Waals surface area (Å²) < 4.78 is 27.6. The minimum atomic E-state index is -0.599. The molecule has 6 rings (SSSR count). The van der Waals surface area contributed by atoms with Gasteiger partial charge in [0, 0.05) is 49.5 Å². The number of rotatable bonds is 2. The summed E-state index contributed by atoms with van der Waals surface area (Å²) in [4.78, 5) is 20.4. The number of para-hydroxylation sites is 1. The van der Waals surface area contributed by atoms with E-state index in [1.165, 1.54) is 12.1 Å². The van der Waals surface area contributed by atoms with Crippen LogP contribution in [0.5, 0.6) is 0 Å². The highest BCUT2D eigenvalue weighted by Gasteiger charge is 2.56. The van der Waals surface area contributed by atoms with Crippen molar-refractivity contribution in [2.45, 2.75) is 25.3 Å². The van der Waals surface area contributed by atoms with Gasteiger partial charge in [-0.15, -0.1) is 0 Å². The summed E-state index contributed by atoms with van der Waals surface area (Å²) in [5.74, 6) is -1.10. The lowest BCUT2D eigenvalue weighted by atomic mass is 9.77. The minimum absolute atomic E-state index is 0.101. The summed E-state index contributed by atoms with van der Waals surface area (Å²) >= 11 is 0. The van der Waals surface area contributed by atoms with Crippen molar-refractivity contribution in [3.8, 4) is 0 Å². The molecule has 0 bridgehead atoms. The zero-order chi connectivity index (χ0) is 21.9. The maximum atomic E-state index is 13.8. The van der Waals surface area contributed by atoms with Crippen LogP contribution in [0.4, 0.5) is 14.5 Å². The maximum absolute atomic E-state index is 13.8. The summed E-state index contributed by atoms with van der Waals surface area (Å²) in [7, 11) is 0. The second-order valence-electron chi connectivity index (χ2n) is 9.16. The molecule has 0 aliphatic carbocycles. The molecule has 5 nitrogen and oxygen atoms in total.